The number of carbonyl (C=O) groups excluding carboxylic acids is 1. The van der Waals surface area contributed by atoms with E-state index in [2.05, 4.69) is 91.8 Å². The number of carbonyl (C=O) groups is 1. The first-order valence-corrected chi connectivity index (χ1v) is 17.9. The van der Waals surface area contributed by atoms with E-state index >= 15 is 0 Å². The normalized spacial score (nSPS) is 10.4. The van der Waals surface area contributed by atoms with Crippen LogP contribution in [0.15, 0.2) is 98.9 Å². The quantitative estimate of drug-likeness (QED) is 0.168. The van der Waals surface area contributed by atoms with Crippen LogP contribution in [-0.2, 0) is 22.6 Å². The molecule has 4 rings (SSSR count). The van der Waals surface area contributed by atoms with Gasteiger partial charge >= 0.3 is 0 Å². The van der Waals surface area contributed by atoms with Gasteiger partial charge in [-0.2, -0.15) is 0 Å². The molecule has 7 heteroatoms. The van der Waals surface area contributed by atoms with Gasteiger partial charge in [-0.3, -0.25) is 4.79 Å². The summed E-state index contributed by atoms with van der Waals surface area (Å²) in [6, 6.07) is 26.4. The molecule has 262 valence electrons. The van der Waals surface area contributed by atoms with E-state index in [9.17, 15) is 4.79 Å². The van der Waals surface area contributed by atoms with Crippen LogP contribution in [0.4, 0.5) is 0 Å². The first-order chi connectivity index (χ1) is 22.2. The number of rotatable bonds is 10. The smallest absolute Gasteiger partial charge is 0.219 e. The van der Waals surface area contributed by atoms with Gasteiger partial charge in [0.15, 0.2) is 0 Å². The molecule has 0 aliphatic rings. The number of hydrogen-bond acceptors (Lipinski definition) is 5. The van der Waals surface area contributed by atoms with Gasteiger partial charge in [0, 0.05) is 40.5 Å². The van der Waals surface area contributed by atoms with Crippen LogP contribution in [0.25, 0.3) is 0 Å². The molecule has 0 bridgehead atoms. The van der Waals surface area contributed by atoms with Crippen LogP contribution in [0, 0.1) is 17.8 Å². The van der Waals surface area contributed by atoms with Crippen molar-refractivity contribution in [2.24, 2.45) is 23.5 Å². The van der Waals surface area contributed by atoms with E-state index in [1.807, 2.05) is 54.2 Å². The number of thioether (sulfide) groups is 1. The average molecular weight is 686 g/mol. The minimum absolute atomic E-state index is 0.00926. The Balaban J connectivity index is 0.000000572. The molecule has 0 spiro atoms. The van der Waals surface area contributed by atoms with Gasteiger partial charge in [0.2, 0.25) is 5.91 Å². The molecule has 2 aromatic heterocycles. The Morgan fingerprint density at radius 2 is 1.34 bits per heavy atom. The summed E-state index contributed by atoms with van der Waals surface area (Å²) >= 11 is 7.90. The highest BCUT2D eigenvalue weighted by Crippen LogP contribution is 2.20. The number of primary amides is 1. The highest BCUT2D eigenvalue weighted by molar-refractivity contribution is 7.99. The molecule has 0 unspecified atom stereocenters. The number of amides is 1. The first kappa shape index (κ1) is 44.1. The summed E-state index contributed by atoms with van der Waals surface area (Å²) in [6.45, 7) is 21.4. The molecule has 47 heavy (non-hydrogen) atoms. The van der Waals surface area contributed by atoms with Gasteiger partial charge in [-0.25, -0.2) is 0 Å². The van der Waals surface area contributed by atoms with Crippen molar-refractivity contribution in [1.29, 1.82) is 0 Å². The second-order valence-electron chi connectivity index (χ2n) is 12.8. The van der Waals surface area contributed by atoms with Gasteiger partial charge in [0.1, 0.15) is 23.9 Å². The number of nitrogens with two attached hydrogens (primary N) is 1. The van der Waals surface area contributed by atoms with E-state index in [1.165, 1.54) is 16.2 Å². The second kappa shape index (κ2) is 26.1. The zero-order valence-corrected chi connectivity index (χ0v) is 32.2. The van der Waals surface area contributed by atoms with Crippen molar-refractivity contribution in [2.75, 3.05) is 12.9 Å². The predicted molar refractivity (Wildman–Crippen MR) is 202 cm³/mol. The summed E-state index contributed by atoms with van der Waals surface area (Å²) in [7, 11) is 1.66. The lowest BCUT2D eigenvalue weighted by atomic mass is 10.0. The monoisotopic (exact) mass is 685 g/mol. The Hall–Kier alpha value is -2.93. The summed E-state index contributed by atoms with van der Waals surface area (Å²) in [5.74, 6) is 6.38. The van der Waals surface area contributed by atoms with Crippen LogP contribution in [-0.4, -0.2) is 18.8 Å². The van der Waals surface area contributed by atoms with Gasteiger partial charge in [-0.1, -0.05) is 117 Å². The third kappa shape index (κ3) is 23.1. The highest BCUT2D eigenvalue weighted by Gasteiger charge is 2.04. The molecule has 0 fully saturated rings. The SMILES string of the molecule is CC(C)C(N)=O.CC(C)CSc1ccccc1.CC(C)Cc1ccccc1Cl.CC(C)c1ccco1.COCc1ccc(C(C)C)o1. The number of benzene rings is 2. The lowest BCUT2D eigenvalue weighted by molar-refractivity contribution is -0.120. The van der Waals surface area contributed by atoms with E-state index in [-0.39, 0.29) is 11.8 Å². The fourth-order valence-corrected chi connectivity index (χ4v) is 4.52. The van der Waals surface area contributed by atoms with Crippen molar-refractivity contribution in [3.05, 3.63) is 113 Å². The Kier molecular flexibility index (Phi) is 24.4. The Morgan fingerprint density at radius 1 is 0.766 bits per heavy atom. The average Bonchev–Trinajstić information content (AvgIpc) is 3.73. The molecule has 0 saturated heterocycles. The molecular weight excluding hydrogens is 626 g/mol. The molecule has 0 saturated carbocycles. The van der Waals surface area contributed by atoms with Gasteiger partial charge in [0.05, 0.1) is 6.26 Å². The minimum Gasteiger partial charge on any atom is -0.469 e. The largest absolute Gasteiger partial charge is 0.469 e. The van der Waals surface area contributed by atoms with Gasteiger partial charge < -0.3 is 19.3 Å². The number of furan rings is 2. The van der Waals surface area contributed by atoms with Crippen molar-refractivity contribution in [2.45, 2.75) is 99.0 Å². The molecule has 1 amide bonds. The number of hydrogen-bond donors (Lipinski definition) is 1. The lowest BCUT2D eigenvalue weighted by Gasteiger charge is -2.05. The van der Waals surface area contributed by atoms with Gasteiger partial charge in [-0.05, 0) is 66.3 Å². The summed E-state index contributed by atoms with van der Waals surface area (Å²) in [4.78, 5) is 11.3. The number of methoxy groups -OCH3 is 1. The van der Waals surface area contributed by atoms with Crippen LogP contribution in [0.1, 0.15) is 104 Å². The summed E-state index contributed by atoms with van der Waals surface area (Å²) in [5.41, 5.74) is 6.05. The van der Waals surface area contributed by atoms with Crippen LogP contribution < -0.4 is 5.73 Å². The van der Waals surface area contributed by atoms with Gasteiger partial charge in [0.25, 0.3) is 0 Å². The van der Waals surface area contributed by atoms with E-state index in [4.69, 9.17) is 30.9 Å². The highest BCUT2D eigenvalue weighted by atomic mass is 35.5. The summed E-state index contributed by atoms with van der Waals surface area (Å²) < 4.78 is 15.5. The number of halogens is 1. The van der Waals surface area contributed by atoms with Crippen LogP contribution in [0.2, 0.25) is 5.02 Å². The minimum atomic E-state index is -0.241. The molecule has 0 aliphatic carbocycles. The Bertz CT molecular complexity index is 1300. The zero-order chi connectivity index (χ0) is 35.8. The third-order valence-electron chi connectivity index (χ3n) is 6.13. The van der Waals surface area contributed by atoms with E-state index in [0.717, 1.165) is 34.6 Å². The molecule has 2 heterocycles. The topological polar surface area (TPSA) is 78.6 Å². The molecule has 2 N–H and O–H groups in total. The van der Waals surface area contributed by atoms with Crippen molar-refractivity contribution in [3.63, 3.8) is 0 Å². The standard InChI is InChI=1S/C10H13Cl.C10H14S.C9H14O2.C7H10O.C4H9NO/c1-8(2)7-9-5-3-4-6-10(9)11;1-9(2)8-11-10-6-4-3-5-7-10;1-7(2)9-5-4-8(11-9)6-10-3;1-6(2)7-4-3-5-8-7;1-3(2)4(5)6/h3-6,8H,7H2,1-2H3;3-7,9H,8H2,1-2H3;4-5,7H,6H2,1-3H3;3-6H,1-2H3;3H,1-2H3,(H2,5,6). The molecule has 0 atom stereocenters. The second-order valence-corrected chi connectivity index (χ2v) is 14.3. The van der Waals surface area contributed by atoms with Crippen molar-refractivity contribution < 1.29 is 18.4 Å². The van der Waals surface area contributed by atoms with E-state index in [1.54, 1.807) is 27.2 Å². The first-order valence-electron chi connectivity index (χ1n) is 16.5. The summed E-state index contributed by atoms with van der Waals surface area (Å²) in [6.07, 6.45) is 2.77. The maximum absolute atomic E-state index is 9.92. The lowest BCUT2D eigenvalue weighted by Crippen LogP contribution is -2.17. The van der Waals surface area contributed by atoms with Crippen LogP contribution >= 0.6 is 23.4 Å². The van der Waals surface area contributed by atoms with E-state index in [0.29, 0.717) is 24.4 Å². The Morgan fingerprint density at radius 3 is 1.74 bits per heavy atom. The van der Waals surface area contributed by atoms with Crippen LogP contribution in [0.3, 0.4) is 0 Å². The van der Waals surface area contributed by atoms with Crippen molar-refractivity contribution in [1.82, 2.24) is 0 Å². The molecule has 5 nitrogen and oxygen atoms in total. The predicted octanol–water partition coefficient (Wildman–Crippen LogP) is 12.1. The zero-order valence-electron chi connectivity index (χ0n) is 30.6. The van der Waals surface area contributed by atoms with Crippen LogP contribution in [0.5, 0.6) is 0 Å². The van der Waals surface area contributed by atoms with Crippen molar-refractivity contribution >= 4 is 29.3 Å². The summed E-state index contributed by atoms with van der Waals surface area (Å²) in [5, 5.41) is 0.890. The Labute approximate surface area is 295 Å². The van der Waals surface area contributed by atoms with Gasteiger partial charge in [-0.15, -0.1) is 11.8 Å². The molecule has 0 aliphatic heterocycles. The fraction of sp³-hybridized carbons (Fsp3) is 0.475. The molecule has 2 aromatic carbocycles. The molecule has 0 radical (unpaired) electrons. The van der Waals surface area contributed by atoms with Crippen molar-refractivity contribution in [3.8, 4) is 0 Å². The maximum Gasteiger partial charge on any atom is 0.219 e. The fourth-order valence-electron chi connectivity index (χ4n) is 3.43. The third-order valence-corrected chi connectivity index (χ3v) is 7.94. The van der Waals surface area contributed by atoms with E-state index < -0.39 is 0 Å². The molecule has 4 aromatic rings. The number of ether oxygens (including phenoxy) is 1. The maximum atomic E-state index is 9.92. The molecular formula is C40H60ClNO4S.